The number of hydrogen-bond donors (Lipinski definition) is 1. The van der Waals surface area contributed by atoms with Crippen LogP contribution in [0.3, 0.4) is 0 Å². The number of aliphatic hydroxyl groups excluding tert-OH is 1. The molecule has 3 heteroatoms. The van der Waals surface area contributed by atoms with Crippen molar-refractivity contribution in [2.75, 3.05) is 27.4 Å². The van der Waals surface area contributed by atoms with Gasteiger partial charge in [-0.05, 0) is 12.8 Å². The molecule has 0 amide bonds. The van der Waals surface area contributed by atoms with Gasteiger partial charge in [0.1, 0.15) is 0 Å². The minimum atomic E-state index is 0. The highest BCUT2D eigenvalue weighted by Gasteiger charge is 2.11. The summed E-state index contributed by atoms with van der Waals surface area (Å²) in [6, 6.07) is 0. The first-order chi connectivity index (χ1) is 11.1. The summed E-state index contributed by atoms with van der Waals surface area (Å²) in [6.45, 7) is 3.66. The maximum atomic E-state index is 9.19. The average Bonchev–Trinajstić information content (AvgIpc) is 2.54. The van der Waals surface area contributed by atoms with E-state index in [-0.39, 0.29) is 23.7 Å². The highest BCUT2D eigenvalue weighted by molar-refractivity contribution is 4.50. The topological polar surface area (TPSA) is 20.2 Å². The third kappa shape index (κ3) is 20.4. The van der Waals surface area contributed by atoms with E-state index in [2.05, 4.69) is 21.0 Å². The van der Waals surface area contributed by atoms with Gasteiger partial charge in [0.15, 0.2) is 6.73 Å². The Hall–Kier alpha value is 0.400. The van der Waals surface area contributed by atoms with Crippen LogP contribution in [-0.2, 0) is 0 Å². The van der Waals surface area contributed by atoms with E-state index < -0.39 is 0 Å². The summed E-state index contributed by atoms with van der Waals surface area (Å²) in [5, 5.41) is 9.19. The Morgan fingerprint density at radius 2 is 0.833 bits per heavy atom. The molecule has 0 unspecified atom stereocenters. The molecule has 0 aromatic rings. The summed E-state index contributed by atoms with van der Waals surface area (Å²) in [5.74, 6) is 0. The van der Waals surface area contributed by atoms with Crippen molar-refractivity contribution in [2.45, 2.75) is 110 Å². The zero-order valence-corrected chi connectivity index (χ0v) is 18.6. The van der Waals surface area contributed by atoms with E-state index in [1.54, 1.807) is 0 Å². The van der Waals surface area contributed by atoms with Crippen LogP contribution in [0.2, 0.25) is 0 Å². The molecule has 0 spiro atoms. The summed E-state index contributed by atoms with van der Waals surface area (Å²) in [4.78, 5) is 0. The summed E-state index contributed by atoms with van der Waals surface area (Å²) in [5.41, 5.74) is 0. The third-order valence-corrected chi connectivity index (χ3v) is 5.00. The Balaban J connectivity index is 0. The smallest absolute Gasteiger partial charge is 0.179 e. The Morgan fingerprint density at radius 3 is 1.12 bits per heavy atom. The largest absolute Gasteiger partial charge is 1.00 e. The van der Waals surface area contributed by atoms with Gasteiger partial charge >= 0.3 is 0 Å². The van der Waals surface area contributed by atoms with Gasteiger partial charge < -0.3 is 26.6 Å². The number of halogens is 1. The Labute approximate surface area is 163 Å². The van der Waals surface area contributed by atoms with Gasteiger partial charge in [0.25, 0.3) is 0 Å². The minimum absolute atomic E-state index is 0. The minimum Gasteiger partial charge on any atom is -1.00 e. The van der Waals surface area contributed by atoms with E-state index in [1.807, 2.05) is 0 Å². The standard InChI is InChI=1S/C21H46NO.BrH/c1-4-5-6-7-8-9-10-11-12-13-14-15-16-17-18-19-20-22(2,3)21-23;/h23H,4-21H2,1-3H3;1H/q+1;/p-1. The highest BCUT2D eigenvalue weighted by atomic mass is 79.9. The fourth-order valence-corrected chi connectivity index (χ4v) is 3.16. The van der Waals surface area contributed by atoms with Gasteiger partial charge in [-0.15, -0.1) is 0 Å². The van der Waals surface area contributed by atoms with Gasteiger partial charge in [0, 0.05) is 0 Å². The second-order valence-electron chi connectivity index (χ2n) is 8.10. The van der Waals surface area contributed by atoms with Crippen molar-refractivity contribution in [1.29, 1.82) is 0 Å². The van der Waals surface area contributed by atoms with Crippen molar-refractivity contribution in [3.63, 3.8) is 0 Å². The van der Waals surface area contributed by atoms with Gasteiger partial charge in [0.2, 0.25) is 0 Å². The molecule has 0 atom stereocenters. The van der Waals surface area contributed by atoms with Crippen LogP contribution in [-0.4, -0.2) is 37.0 Å². The van der Waals surface area contributed by atoms with Crippen molar-refractivity contribution in [3.05, 3.63) is 0 Å². The highest BCUT2D eigenvalue weighted by Crippen LogP contribution is 2.14. The molecule has 0 aliphatic carbocycles. The van der Waals surface area contributed by atoms with Gasteiger partial charge in [-0.1, -0.05) is 96.8 Å². The van der Waals surface area contributed by atoms with Crippen molar-refractivity contribution >= 4 is 0 Å². The van der Waals surface area contributed by atoms with E-state index in [9.17, 15) is 5.11 Å². The molecule has 0 saturated heterocycles. The fourth-order valence-electron chi connectivity index (χ4n) is 3.16. The van der Waals surface area contributed by atoms with E-state index in [4.69, 9.17) is 0 Å². The summed E-state index contributed by atoms with van der Waals surface area (Å²) >= 11 is 0. The molecule has 24 heavy (non-hydrogen) atoms. The zero-order valence-electron chi connectivity index (χ0n) is 17.0. The number of nitrogens with zero attached hydrogens (tertiary/aromatic N) is 1. The molecule has 0 fully saturated rings. The van der Waals surface area contributed by atoms with Crippen LogP contribution in [0.1, 0.15) is 110 Å². The van der Waals surface area contributed by atoms with Crippen LogP contribution in [0.15, 0.2) is 0 Å². The normalized spacial score (nSPS) is 11.5. The summed E-state index contributed by atoms with van der Waals surface area (Å²) in [7, 11) is 4.20. The molecule has 0 bridgehead atoms. The molecular weight excluding hydrogens is 362 g/mol. The van der Waals surface area contributed by atoms with Crippen LogP contribution < -0.4 is 17.0 Å². The Kier molecular flexibility index (Phi) is 21.9. The Bertz CT molecular complexity index is 234. The van der Waals surface area contributed by atoms with Gasteiger partial charge in [-0.3, -0.25) is 0 Å². The molecule has 148 valence electrons. The van der Waals surface area contributed by atoms with Crippen LogP contribution in [0.25, 0.3) is 0 Å². The molecule has 0 rings (SSSR count). The molecule has 2 nitrogen and oxygen atoms in total. The maximum absolute atomic E-state index is 9.19. The number of hydrogen-bond acceptors (Lipinski definition) is 1. The van der Waals surface area contributed by atoms with E-state index >= 15 is 0 Å². The lowest BCUT2D eigenvalue weighted by atomic mass is 10.0. The predicted molar refractivity (Wildman–Crippen MR) is 104 cm³/mol. The first kappa shape index (κ1) is 26.6. The third-order valence-electron chi connectivity index (χ3n) is 5.00. The van der Waals surface area contributed by atoms with Crippen molar-refractivity contribution in [2.24, 2.45) is 0 Å². The quantitative estimate of drug-likeness (QED) is 0.210. The van der Waals surface area contributed by atoms with Crippen LogP contribution in [0.4, 0.5) is 0 Å². The van der Waals surface area contributed by atoms with Crippen LogP contribution in [0.5, 0.6) is 0 Å². The molecule has 0 heterocycles. The van der Waals surface area contributed by atoms with E-state index in [0.29, 0.717) is 0 Å². The number of rotatable bonds is 18. The van der Waals surface area contributed by atoms with Crippen molar-refractivity contribution in [3.8, 4) is 0 Å². The lowest BCUT2D eigenvalue weighted by Crippen LogP contribution is -3.00. The van der Waals surface area contributed by atoms with Crippen LogP contribution in [0, 0.1) is 0 Å². The molecular formula is C21H46BrNO. The van der Waals surface area contributed by atoms with Gasteiger partial charge in [0.05, 0.1) is 20.6 Å². The molecule has 0 aliphatic rings. The van der Waals surface area contributed by atoms with Gasteiger partial charge in [-0.25, -0.2) is 0 Å². The Morgan fingerprint density at radius 1 is 0.542 bits per heavy atom. The number of unbranched alkanes of at least 4 members (excludes halogenated alkanes) is 15. The monoisotopic (exact) mass is 407 g/mol. The second kappa shape index (κ2) is 19.7. The summed E-state index contributed by atoms with van der Waals surface area (Å²) in [6.07, 6.45) is 22.7. The van der Waals surface area contributed by atoms with Crippen molar-refractivity contribution < 1.29 is 26.6 Å². The first-order valence-electron chi connectivity index (χ1n) is 10.6. The fraction of sp³-hybridized carbons (Fsp3) is 1.00. The molecule has 0 aromatic heterocycles. The first-order valence-corrected chi connectivity index (χ1v) is 10.6. The molecule has 0 saturated carbocycles. The van der Waals surface area contributed by atoms with Gasteiger partial charge in [-0.2, -0.15) is 0 Å². The van der Waals surface area contributed by atoms with E-state index in [0.717, 1.165) is 11.0 Å². The molecule has 0 radical (unpaired) electrons. The van der Waals surface area contributed by atoms with Crippen LogP contribution >= 0.6 is 0 Å². The number of quaternary nitrogens is 1. The summed E-state index contributed by atoms with van der Waals surface area (Å²) < 4.78 is 0.749. The molecule has 0 aliphatic heterocycles. The average molecular weight is 409 g/mol. The zero-order chi connectivity index (χ0) is 17.2. The predicted octanol–water partition coefficient (Wildman–Crippen LogP) is 3.28. The van der Waals surface area contributed by atoms with E-state index in [1.165, 1.54) is 103 Å². The number of aliphatic hydroxyl groups is 1. The lowest BCUT2D eigenvalue weighted by Gasteiger charge is -2.26. The second-order valence-corrected chi connectivity index (χ2v) is 8.10. The van der Waals surface area contributed by atoms with Crippen molar-refractivity contribution in [1.82, 2.24) is 0 Å². The maximum Gasteiger partial charge on any atom is 0.179 e. The lowest BCUT2D eigenvalue weighted by molar-refractivity contribution is -0.909. The molecule has 1 N–H and O–H groups in total. The molecule has 0 aromatic carbocycles. The SMILES string of the molecule is CCCCCCCCCCCCCCCCCC[N+](C)(C)CO.[Br-].